The summed E-state index contributed by atoms with van der Waals surface area (Å²) in [5, 5.41) is 6.16. The van der Waals surface area contributed by atoms with E-state index in [9.17, 15) is 4.79 Å². The summed E-state index contributed by atoms with van der Waals surface area (Å²) in [6.45, 7) is 0.161. The Labute approximate surface area is 162 Å². The Kier molecular flexibility index (Phi) is 5.01. The van der Waals surface area contributed by atoms with Crippen molar-refractivity contribution in [3.05, 3.63) is 78.7 Å². The Morgan fingerprint density at radius 2 is 1.75 bits per heavy atom. The van der Waals surface area contributed by atoms with Crippen LogP contribution in [0.25, 0.3) is 22.2 Å². The van der Waals surface area contributed by atoms with Gasteiger partial charge in [0.15, 0.2) is 6.61 Å². The van der Waals surface area contributed by atoms with Crippen LogP contribution in [0.1, 0.15) is 5.89 Å². The fourth-order valence-electron chi connectivity index (χ4n) is 2.83. The van der Waals surface area contributed by atoms with Gasteiger partial charge in [-0.2, -0.15) is 4.98 Å². The van der Waals surface area contributed by atoms with E-state index < -0.39 is 0 Å². The number of ether oxygens (including phenoxy) is 1. The quantitative estimate of drug-likeness (QED) is 0.512. The smallest absolute Gasteiger partial charge is 0.260 e. The molecule has 0 bridgehead atoms. The predicted molar refractivity (Wildman–Crippen MR) is 106 cm³/mol. The van der Waals surface area contributed by atoms with Crippen LogP contribution in [-0.2, 0) is 11.3 Å². The molecular formula is C22H19N3O3. The highest BCUT2D eigenvalue weighted by Crippen LogP contribution is 2.20. The van der Waals surface area contributed by atoms with Gasteiger partial charge in [-0.1, -0.05) is 65.8 Å². The van der Waals surface area contributed by atoms with E-state index in [2.05, 4.69) is 10.1 Å². The molecule has 4 aromatic rings. The van der Waals surface area contributed by atoms with Crippen LogP contribution in [0, 0.1) is 0 Å². The van der Waals surface area contributed by atoms with Crippen molar-refractivity contribution in [3.8, 4) is 17.1 Å². The Bertz CT molecular complexity index is 1090. The molecule has 0 radical (unpaired) electrons. The second-order valence-electron chi connectivity index (χ2n) is 6.43. The number of hydrogen-bond donors (Lipinski definition) is 0. The molecule has 1 amide bonds. The van der Waals surface area contributed by atoms with Crippen LogP contribution in [0.2, 0.25) is 0 Å². The van der Waals surface area contributed by atoms with Gasteiger partial charge >= 0.3 is 0 Å². The molecule has 3 aromatic carbocycles. The largest absolute Gasteiger partial charge is 0.484 e. The number of amides is 1. The van der Waals surface area contributed by atoms with E-state index in [0.29, 0.717) is 17.5 Å². The van der Waals surface area contributed by atoms with E-state index in [1.807, 2.05) is 72.8 Å². The van der Waals surface area contributed by atoms with Crippen molar-refractivity contribution in [2.75, 3.05) is 13.7 Å². The summed E-state index contributed by atoms with van der Waals surface area (Å²) in [5.74, 6) is 1.36. The number of rotatable bonds is 6. The van der Waals surface area contributed by atoms with Crippen molar-refractivity contribution < 1.29 is 14.1 Å². The molecule has 0 aliphatic heterocycles. The summed E-state index contributed by atoms with van der Waals surface area (Å²) in [6, 6.07) is 23.3. The molecule has 0 aliphatic rings. The van der Waals surface area contributed by atoms with E-state index in [1.165, 1.54) is 4.90 Å². The first-order valence-corrected chi connectivity index (χ1v) is 8.92. The van der Waals surface area contributed by atoms with E-state index in [-0.39, 0.29) is 19.1 Å². The van der Waals surface area contributed by atoms with Crippen molar-refractivity contribution >= 4 is 16.7 Å². The van der Waals surface area contributed by atoms with Crippen LogP contribution >= 0.6 is 0 Å². The molecule has 0 saturated carbocycles. The zero-order valence-corrected chi connectivity index (χ0v) is 15.4. The number of nitrogens with zero attached hydrogens (tertiary/aromatic N) is 3. The summed E-state index contributed by atoms with van der Waals surface area (Å²) in [7, 11) is 1.68. The molecule has 6 heteroatoms. The number of carbonyl (C=O) groups is 1. The van der Waals surface area contributed by atoms with Crippen molar-refractivity contribution in [3.63, 3.8) is 0 Å². The monoisotopic (exact) mass is 373 g/mol. The molecule has 0 spiro atoms. The first-order valence-electron chi connectivity index (χ1n) is 8.92. The third kappa shape index (κ3) is 4.01. The molecule has 28 heavy (non-hydrogen) atoms. The van der Waals surface area contributed by atoms with Crippen LogP contribution in [0.3, 0.4) is 0 Å². The molecule has 0 saturated heterocycles. The first-order chi connectivity index (χ1) is 13.7. The van der Waals surface area contributed by atoms with Crippen LogP contribution in [0.5, 0.6) is 5.75 Å². The predicted octanol–water partition coefficient (Wildman–Crippen LogP) is 3.93. The third-order valence-electron chi connectivity index (χ3n) is 4.38. The van der Waals surface area contributed by atoms with E-state index in [1.54, 1.807) is 7.05 Å². The molecule has 0 N–H and O–H groups in total. The summed E-state index contributed by atoms with van der Waals surface area (Å²) >= 11 is 0. The normalized spacial score (nSPS) is 10.8. The Morgan fingerprint density at radius 3 is 2.57 bits per heavy atom. The zero-order chi connectivity index (χ0) is 19.3. The van der Waals surface area contributed by atoms with Gasteiger partial charge in [-0.05, 0) is 22.9 Å². The summed E-state index contributed by atoms with van der Waals surface area (Å²) < 4.78 is 10.9. The lowest BCUT2D eigenvalue weighted by molar-refractivity contribution is -0.132. The SMILES string of the molecule is CN(Cc1nc(-c2ccccc2)no1)C(=O)COc1ccc2ccccc2c1. The van der Waals surface area contributed by atoms with E-state index >= 15 is 0 Å². The van der Waals surface area contributed by atoms with Crippen molar-refractivity contribution in [2.45, 2.75) is 6.54 Å². The van der Waals surface area contributed by atoms with Gasteiger partial charge in [-0.25, -0.2) is 0 Å². The second kappa shape index (κ2) is 7.92. The second-order valence-corrected chi connectivity index (χ2v) is 6.43. The molecule has 0 unspecified atom stereocenters. The lowest BCUT2D eigenvalue weighted by Crippen LogP contribution is -2.31. The van der Waals surface area contributed by atoms with Gasteiger partial charge in [0.05, 0.1) is 6.54 Å². The molecule has 1 aromatic heterocycles. The van der Waals surface area contributed by atoms with E-state index in [0.717, 1.165) is 16.3 Å². The lowest BCUT2D eigenvalue weighted by Gasteiger charge is -2.15. The minimum Gasteiger partial charge on any atom is -0.484 e. The van der Waals surface area contributed by atoms with Crippen molar-refractivity contribution in [1.82, 2.24) is 15.0 Å². The van der Waals surface area contributed by atoms with Gasteiger partial charge in [-0.3, -0.25) is 4.79 Å². The fourth-order valence-corrected chi connectivity index (χ4v) is 2.83. The zero-order valence-electron chi connectivity index (χ0n) is 15.4. The number of fused-ring (bicyclic) bond motifs is 1. The molecular weight excluding hydrogens is 354 g/mol. The number of hydrogen-bond acceptors (Lipinski definition) is 5. The molecule has 4 rings (SSSR count). The number of benzene rings is 3. The number of aromatic nitrogens is 2. The maximum atomic E-state index is 12.4. The average Bonchev–Trinajstić information content (AvgIpc) is 3.21. The molecule has 0 fully saturated rings. The minimum absolute atomic E-state index is 0.0610. The van der Waals surface area contributed by atoms with Crippen LogP contribution in [0.4, 0.5) is 0 Å². The van der Waals surface area contributed by atoms with Gasteiger partial charge in [0, 0.05) is 12.6 Å². The molecule has 6 nitrogen and oxygen atoms in total. The molecule has 0 atom stereocenters. The van der Waals surface area contributed by atoms with Gasteiger partial charge < -0.3 is 14.2 Å². The minimum atomic E-state index is -0.174. The summed E-state index contributed by atoms with van der Waals surface area (Å²) in [4.78, 5) is 18.2. The van der Waals surface area contributed by atoms with Gasteiger partial charge in [0.1, 0.15) is 5.75 Å². The van der Waals surface area contributed by atoms with Gasteiger partial charge in [0.25, 0.3) is 5.91 Å². The molecule has 140 valence electrons. The summed E-state index contributed by atoms with van der Waals surface area (Å²) in [5.41, 5.74) is 0.867. The molecule has 1 heterocycles. The number of carbonyl (C=O) groups excluding carboxylic acids is 1. The van der Waals surface area contributed by atoms with E-state index in [4.69, 9.17) is 9.26 Å². The standard InChI is InChI=1S/C22H19N3O3/c1-25(14-20-23-22(24-28-20)17-8-3-2-4-9-17)21(26)15-27-19-12-11-16-7-5-6-10-18(16)13-19/h2-13H,14-15H2,1H3. The highest BCUT2D eigenvalue weighted by atomic mass is 16.5. The van der Waals surface area contributed by atoms with Gasteiger partial charge in [0.2, 0.25) is 11.7 Å². The Balaban J connectivity index is 1.35. The fraction of sp³-hybridized carbons (Fsp3) is 0.136. The van der Waals surface area contributed by atoms with Crippen molar-refractivity contribution in [2.24, 2.45) is 0 Å². The third-order valence-corrected chi connectivity index (χ3v) is 4.38. The van der Waals surface area contributed by atoms with Gasteiger partial charge in [-0.15, -0.1) is 0 Å². The Hall–Kier alpha value is -3.67. The maximum absolute atomic E-state index is 12.4. The number of likely N-dealkylation sites (N-methyl/N-ethyl adjacent to an activating group) is 1. The Morgan fingerprint density at radius 1 is 1.00 bits per heavy atom. The van der Waals surface area contributed by atoms with Crippen LogP contribution in [-0.4, -0.2) is 34.6 Å². The van der Waals surface area contributed by atoms with Crippen LogP contribution < -0.4 is 4.74 Å². The summed E-state index contributed by atoms with van der Waals surface area (Å²) in [6.07, 6.45) is 0. The van der Waals surface area contributed by atoms with Crippen molar-refractivity contribution in [1.29, 1.82) is 0 Å². The molecule has 0 aliphatic carbocycles. The first kappa shape index (κ1) is 17.7. The highest BCUT2D eigenvalue weighted by molar-refractivity contribution is 5.84. The van der Waals surface area contributed by atoms with Crippen LogP contribution in [0.15, 0.2) is 77.3 Å². The average molecular weight is 373 g/mol. The highest BCUT2D eigenvalue weighted by Gasteiger charge is 2.15. The maximum Gasteiger partial charge on any atom is 0.260 e. The lowest BCUT2D eigenvalue weighted by atomic mass is 10.1. The topological polar surface area (TPSA) is 68.5 Å².